The molecular formula is C20H19N5OS. The van der Waals surface area contributed by atoms with Crippen molar-refractivity contribution in [1.29, 1.82) is 0 Å². The second-order valence-electron chi connectivity index (χ2n) is 5.99. The molecule has 0 saturated carbocycles. The molecule has 0 amide bonds. The smallest absolute Gasteiger partial charge is 0.247 e. The van der Waals surface area contributed by atoms with Crippen LogP contribution in [-0.4, -0.2) is 25.0 Å². The molecule has 0 aliphatic heterocycles. The Kier molecular flexibility index (Phi) is 5.02. The second kappa shape index (κ2) is 7.75. The van der Waals surface area contributed by atoms with E-state index < -0.39 is 0 Å². The fourth-order valence-electron chi connectivity index (χ4n) is 2.77. The molecule has 2 heterocycles. The van der Waals surface area contributed by atoms with Crippen LogP contribution in [0.2, 0.25) is 0 Å². The Labute approximate surface area is 161 Å². The molecule has 0 aliphatic rings. The molecule has 0 radical (unpaired) electrons. The van der Waals surface area contributed by atoms with Crippen molar-refractivity contribution < 1.29 is 4.42 Å². The molecule has 0 unspecified atom stereocenters. The predicted octanol–water partition coefficient (Wildman–Crippen LogP) is 4.87. The molecular weight excluding hydrogens is 358 g/mol. The first-order valence-corrected chi connectivity index (χ1v) is 9.68. The minimum Gasteiger partial charge on any atom is -0.419 e. The minimum absolute atomic E-state index is 0.0342. The van der Waals surface area contributed by atoms with Crippen LogP contribution in [0.25, 0.3) is 22.8 Å². The Morgan fingerprint density at radius 2 is 1.56 bits per heavy atom. The van der Waals surface area contributed by atoms with Crippen molar-refractivity contribution in [3.05, 3.63) is 66.6 Å². The zero-order valence-electron chi connectivity index (χ0n) is 15.1. The maximum atomic E-state index is 5.87. The molecule has 0 fully saturated rings. The van der Waals surface area contributed by atoms with E-state index >= 15 is 0 Å². The third-order valence-corrected chi connectivity index (χ3v) is 5.22. The van der Waals surface area contributed by atoms with Gasteiger partial charge in [0.05, 0.1) is 5.25 Å². The van der Waals surface area contributed by atoms with Gasteiger partial charge < -0.3 is 8.98 Å². The molecule has 1 atom stereocenters. The Hall–Kier alpha value is -2.93. The molecule has 0 bridgehead atoms. The van der Waals surface area contributed by atoms with Crippen LogP contribution in [-0.2, 0) is 6.54 Å². The number of hydrogen-bond acceptors (Lipinski definition) is 6. The predicted molar refractivity (Wildman–Crippen MR) is 105 cm³/mol. The number of hydrogen-bond donors (Lipinski definition) is 0. The van der Waals surface area contributed by atoms with Gasteiger partial charge in [0.1, 0.15) is 0 Å². The summed E-state index contributed by atoms with van der Waals surface area (Å²) < 4.78 is 7.97. The highest BCUT2D eigenvalue weighted by Crippen LogP contribution is 2.35. The number of rotatable bonds is 6. The van der Waals surface area contributed by atoms with Gasteiger partial charge in [0.25, 0.3) is 0 Å². The number of thioether (sulfide) groups is 1. The lowest BCUT2D eigenvalue weighted by molar-refractivity contribution is 0.508. The van der Waals surface area contributed by atoms with Crippen molar-refractivity contribution in [3.8, 4) is 22.8 Å². The molecule has 6 nitrogen and oxygen atoms in total. The van der Waals surface area contributed by atoms with E-state index in [1.807, 2.05) is 67.6 Å². The largest absolute Gasteiger partial charge is 0.419 e. The van der Waals surface area contributed by atoms with Crippen LogP contribution in [0, 0.1) is 0 Å². The zero-order chi connectivity index (χ0) is 18.6. The first kappa shape index (κ1) is 17.5. The molecule has 27 heavy (non-hydrogen) atoms. The third-order valence-electron chi connectivity index (χ3n) is 4.16. The van der Waals surface area contributed by atoms with Gasteiger partial charge in [-0.2, -0.15) is 0 Å². The lowest BCUT2D eigenvalue weighted by atomic mass is 10.2. The van der Waals surface area contributed by atoms with E-state index in [0.29, 0.717) is 11.8 Å². The van der Waals surface area contributed by atoms with E-state index in [2.05, 4.69) is 31.9 Å². The molecule has 0 N–H and O–H groups in total. The molecule has 7 heteroatoms. The summed E-state index contributed by atoms with van der Waals surface area (Å²) in [4.78, 5) is 0. The van der Waals surface area contributed by atoms with Crippen molar-refractivity contribution in [3.63, 3.8) is 0 Å². The molecule has 136 valence electrons. The van der Waals surface area contributed by atoms with Crippen LogP contribution in [0.15, 0.2) is 70.2 Å². The van der Waals surface area contributed by atoms with Crippen molar-refractivity contribution in [2.75, 3.05) is 0 Å². The summed E-state index contributed by atoms with van der Waals surface area (Å²) in [6.07, 6.45) is 0. The number of aromatic nitrogens is 5. The summed E-state index contributed by atoms with van der Waals surface area (Å²) in [5, 5.41) is 18.0. The van der Waals surface area contributed by atoms with Gasteiger partial charge in [-0.15, -0.1) is 20.4 Å². The maximum Gasteiger partial charge on any atom is 0.247 e. The highest BCUT2D eigenvalue weighted by atomic mass is 32.2. The lowest BCUT2D eigenvalue weighted by Gasteiger charge is -2.09. The van der Waals surface area contributed by atoms with Gasteiger partial charge in [-0.25, -0.2) is 0 Å². The van der Waals surface area contributed by atoms with E-state index in [-0.39, 0.29) is 5.25 Å². The quantitative estimate of drug-likeness (QED) is 0.447. The standard InChI is InChI=1S/C20H19N5OS/c1-3-25-17(15-10-6-4-7-11-15)21-24-20(25)27-14(2)18-22-23-19(26-18)16-12-8-5-9-13-16/h4-14H,3H2,1-2H3/t14-/m0/s1. The van der Waals surface area contributed by atoms with E-state index in [9.17, 15) is 0 Å². The van der Waals surface area contributed by atoms with Gasteiger partial charge >= 0.3 is 0 Å². The summed E-state index contributed by atoms with van der Waals surface area (Å²) in [5.74, 6) is 1.97. The highest BCUT2D eigenvalue weighted by molar-refractivity contribution is 7.99. The third kappa shape index (κ3) is 3.64. The summed E-state index contributed by atoms with van der Waals surface area (Å²) in [7, 11) is 0. The fourth-order valence-corrected chi connectivity index (χ4v) is 3.71. The molecule has 0 saturated heterocycles. The van der Waals surface area contributed by atoms with E-state index in [1.54, 1.807) is 11.8 Å². The van der Waals surface area contributed by atoms with Crippen molar-refractivity contribution in [1.82, 2.24) is 25.0 Å². The molecule has 0 spiro atoms. The summed E-state index contributed by atoms with van der Waals surface area (Å²) in [6, 6.07) is 19.8. The zero-order valence-corrected chi connectivity index (χ0v) is 15.9. The summed E-state index contributed by atoms with van der Waals surface area (Å²) in [5.41, 5.74) is 1.96. The molecule has 4 aromatic rings. The van der Waals surface area contributed by atoms with Gasteiger partial charge in [-0.1, -0.05) is 60.3 Å². The molecule has 4 rings (SSSR count). The first-order valence-electron chi connectivity index (χ1n) is 8.80. The highest BCUT2D eigenvalue weighted by Gasteiger charge is 2.21. The molecule has 0 aliphatic carbocycles. The Balaban J connectivity index is 1.56. The van der Waals surface area contributed by atoms with Crippen LogP contribution in [0.5, 0.6) is 0 Å². The van der Waals surface area contributed by atoms with Crippen molar-refractivity contribution in [2.24, 2.45) is 0 Å². The SMILES string of the molecule is CCn1c(S[C@@H](C)c2nnc(-c3ccccc3)o2)nnc1-c1ccccc1. The van der Waals surface area contributed by atoms with Crippen LogP contribution in [0.4, 0.5) is 0 Å². The maximum absolute atomic E-state index is 5.87. The topological polar surface area (TPSA) is 69.6 Å². The first-order chi connectivity index (χ1) is 13.3. The normalized spacial score (nSPS) is 12.2. The number of nitrogens with zero attached hydrogens (tertiary/aromatic N) is 5. The Morgan fingerprint density at radius 3 is 2.22 bits per heavy atom. The van der Waals surface area contributed by atoms with E-state index in [4.69, 9.17) is 4.42 Å². The van der Waals surface area contributed by atoms with Gasteiger partial charge in [0.15, 0.2) is 11.0 Å². The average molecular weight is 377 g/mol. The lowest BCUT2D eigenvalue weighted by Crippen LogP contribution is -2.01. The van der Waals surface area contributed by atoms with Crippen LogP contribution in [0.1, 0.15) is 25.0 Å². The Bertz CT molecular complexity index is 1010. The number of benzene rings is 2. The van der Waals surface area contributed by atoms with Gasteiger partial charge in [-0.05, 0) is 26.0 Å². The Morgan fingerprint density at radius 1 is 0.889 bits per heavy atom. The monoisotopic (exact) mass is 377 g/mol. The average Bonchev–Trinajstić information content (AvgIpc) is 3.36. The van der Waals surface area contributed by atoms with Crippen LogP contribution >= 0.6 is 11.8 Å². The van der Waals surface area contributed by atoms with E-state index in [0.717, 1.165) is 28.7 Å². The van der Waals surface area contributed by atoms with Gasteiger partial charge in [-0.3, -0.25) is 0 Å². The van der Waals surface area contributed by atoms with Gasteiger partial charge in [0, 0.05) is 17.7 Å². The van der Waals surface area contributed by atoms with Gasteiger partial charge in [0.2, 0.25) is 11.8 Å². The van der Waals surface area contributed by atoms with Crippen LogP contribution < -0.4 is 0 Å². The molecule has 2 aromatic heterocycles. The van der Waals surface area contributed by atoms with Crippen LogP contribution in [0.3, 0.4) is 0 Å². The second-order valence-corrected chi connectivity index (χ2v) is 7.30. The van der Waals surface area contributed by atoms with Crippen molar-refractivity contribution in [2.45, 2.75) is 30.8 Å². The minimum atomic E-state index is -0.0342. The summed E-state index contributed by atoms with van der Waals surface area (Å²) in [6.45, 7) is 4.90. The van der Waals surface area contributed by atoms with Crippen molar-refractivity contribution >= 4 is 11.8 Å². The molecule has 2 aromatic carbocycles. The fraction of sp³-hybridized carbons (Fsp3) is 0.200. The summed E-state index contributed by atoms with van der Waals surface area (Å²) >= 11 is 1.56. The van der Waals surface area contributed by atoms with E-state index in [1.165, 1.54) is 0 Å².